The smallest absolute Gasteiger partial charge is 0.222 e. The Balaban J connectivity index is 1.48. The lowest BCUT2D eigenvalue weighted by molar-refractivity contribution is -0.124. The van der Waals surface area contributed by atoms with Crippen molar-refractivity contribution in [2.45, 2.75) is 39.3 Å². The number of fused-ring (bicyclic) bond motifs is 1. The number of rotatable bonds is 10. The number of hydrogen-bond acceptors (Lipinski definition) is 7. The van der Waals surface area contributed by atoms with Gasteiger partial charge in [0.15, 0.2) is 11.6 Å². The first kappa shape index (κ1) is 26.1. The highest BCUT2D eigenvalue weighted by Crippen LogP contribution is 2.33. The number of ether oxygens (including phenoxy) is 1. The maximum Gasteiger partial charge on any atom is 0.222 e. The summed E-state index contributed by atoms with van der Waals surface area (Å²) in [6.45, 7) is 5.57. The minimum absolute atomic E-state index is 0.0258. The molecule has 2 heterocycles. The number of carbonyl (C=O) groups excluding carboxylic acids is 2. The summed E-state index contributed by atoms with van der Waals surface area (Å²) in [6.07, 6.45) is 3.38. The molecule has 0 saturated carbocycles. The number of nitrogens with one attached hydrogen (secondary N) is 2. The summed E-state index contributed by atoms with van der Waals surface area (Å²) in [4.78, 5) is 32.4. The zero-order valence-electron chi connectivity index (χ0n) is 20.8. The predicted octanol–water partition coefficient (Wildman–Crippen LogP) is 5.10. The van der Waals surface area contributed by atoms with Gasteiger partial charge >= 0.3 is 0 Å². The molecule has 0 bridgehead atoms. The Morgan fingerprint density at radius 1 is 1.14 bits per heavy atom. The maximum atomic E-state index is 12.0. The Labute approximate surface area is 219 Å². The van der Waals surface area contributed by atoms with E-state index in [1.807, 2.05) is 22.9 Å². The maximum absolute atomic E-state index is 12.0. The van der Waals surface area contributed by atoms with Crippen molar-refractivity contribution in [3.8, 4) is 11.5 Å². The van der Waals surface area contributed by atoms with Crippen LogP contribution >= 0.6 is 11.6 Å². The lowest BCUT2D eigenvalue weighted by atomic mass is 10.1. The topological polar surface area (TPSA) is 118 Å². The second kappa shape index (κ2) is 11.0. The average molecular weight is 522 g/mol. The Morgan fingerprint density at radius 3 is 2.68 bits per heavy atom. The fourth-order valence-electron chi connectivity index (χ4n) is 3.79. The third kappa shape index (κ3) is 6.84. The monoisotopic (exact) mass is 521 g/mol. The SMILES string of the molecule is CC(=O)c1cccc(Oc2ccc(Nc3ncnc4ccn(CCNC(=O)CC(C)(C)O)c34)cc2Cl)c1. The fourth-order valence-corrected chi connectivity index (χ4v) is 4.00. The highest BCUT2D eigenvalue weighted by atomic mass is 35.5. The number of ketones is 1. The Kier molecular flexibility index (Phi) is 7.75. The molecule has 0 aliphatic heterocycles. The minimum Gasteiger partial charge on any atom is -0.456 e. The van der Waals surface area contributed by atoms with Gasteiger partial charge in [-0.3, -0.25) is 9.59 Å². The fraction of sp³-hybridized carbons (Fsp3) is 0.259. The molecule has 1 amide bonds. The molecule has 0 radical (unpaired) electrons. The molecule has 10 heteroatoms. The summed E-state index contributed by atoms with van der Waals surface area (Å²) in [7, 11) is 0. The third-order valence-electron chi connectivity index (χ3n) is 5.48. The highest BCUT2D eigenvalue weighted by molar-refractivity contribution is 6.32. The third-order valence-corrected chi connectivity index (χ3v) is 5.78. The standard InChI is InChI=1S/C27H28ClN5O4/c1-17(34)18-5-4-6-20(13-18)37-23-8-7-19(14-21(23)28)32-26-25-22(30-16-31-26)9-11-33(25)12-10-29-24(35)15-27(2,3)36/h4-9,11,13-14,16,36H,10,12,15H2,1-3H3,(H,29,35)(H,30,31,32). The van der Waals surface area contributed by atoms with E-state index in [4.69, 9.17) is 16.3 Å². The average Bonchev–Trinajstić information content (AvgIpc) is 3.24. The highest BCUT2D eigenvalue weighted by Gasteiger charge is 2.18. The number of hydrogen-bond donors (Lipinski definition) is 3. The van der Waals surface area contributed by atoms with E-state index in [2.05, 4.69) is 20.6 Å². The van der Waals surface area contributed by atoms with Crippen molar-refractivity contribution in [3.63, 3.8) is 0 Å². The Bertz CT molecular complexity index is 1440. The number of benzene rings is 2. The molecule has 0 unspecified atom stereocenters. The van der Waals surface area contributed by atoms with Gasteiger partial charge in [-0.1, -0.05) is 23.7 Å². The summed E-state index contributed by atoms with van der Waals surface area (Å²) >= 11 is 6.49. The van der Waals surface area contributed by atoms with E-state index in [0.29, 0.717) is 46.7 Å². The molecular weight excluding hydrogens is 494 g/mol. The van der Waals surface area contributed by atoms with Gasteiger partial charge in [-0.15, -0.1) is 0 Å². The molecule has 192 valence electrons. The van der Waals surface area contributed by atoms with E-state index in [1.165, 1.54) is 13.3 Å². The van der Waals surface area contributed by atoms with Gasteiger partial charge in [-0.25, -0.2) is 9.97 Å². The second-order valence-corrected chi connectivity index (χ2v) is 9.67. The number of anilines is 2. The molecule has 3 N–H and O–H groups in total. The van der Waals surface area contributed by atoms with E-state index in [1.54, 1.807) is 50.2 Å². The van der Waals surface area contributed by atoms with Crippen LogP contribution in [0.5, 0.6) is 11.5 Å². The number of carbonyl (C=O) groups is 2. The molecule has 0 saturated heterocycles. The van der Waals surface area contributed by atoms with Crippen LogP contribution in [0.15, 0.2) is 61.1 Å². The molecule has 0 aliphatic carbocycles. The van der Waals surface area contributed by atoms with Crippen LogP contribution in [0.1, 0.15) is 37.6 Å². The van der Waals surface area contributed by atoms with Gasteiger partial charge in [0.2, 0.25) is 5.91 Å². The van der Waals surface area contributed by atoms with Crippen molar-refractivity contribution < 1.29 is 19.4 Å². The quantitative estimate of drug-likeness (QED) is 0.248. The van der Waals surface area contributed by atoms with Crippen molar-refractivity contribution >= 4 is 45.8 Å². The summed E-state index contributed by atoms with van der Waals surface area (Å²) in [5.74, 6) is 1.28. The van der Waals surface area contributed by atoms with Gasteiger partial charge in [0.1, 0.15) is 23.3 Å². The molecule has 0 fully saturated rings. The number of Topliss-reactive ketones (excluding diaryl/α,β-unsaturated/α-hetero) is 1. The van der Waals surface area contributed by atoms with Crippen LogP contribution in [0.2, 0.25) is 5.02 Å². The molecule has 0 spiro atoms. The van der Waals surface area contributed by atoms with Crippen molar-refractivity contribution in [1.29, 1.82) is 0 Å². The summed E-state index contributed by atoms with van der Waals surface area (Å²) < 4.78 is 7.83. The number of aliphatic hydroxyl groups is 1. The summed E-state index contributed by atoms with van der Waals surface area (Å²) in [5.41, 5.74) is 1.71. The first-order valence-corrected chi connectivity index (χ1v) is 12.1. The van der Waals surface area contributed by atoms with Gasteiger partial charge in [0.25, 0.3) is 0 Å². The first-order chi connectivity index (χ1) is 17.6. The molecule has 4 rings (SSSR count). The Morgan fingerprint density at radius 2 is 1.95 bits per heavy atom. The van der Waals surface area contributed by atoms with Crippen LogP contribution in [0.25, 0.3) is 11.0 Å². The molecule has 9 nitrogen and oxygen atoms in total. The summed E-state index contributed by atoms with van der Waals surface area (Å²) in [5, 5.41) is 16.3. The molecule has 4 aromatic rings. The first-order valence-electron chi connectivity index (χ1n) is 11.7. The predicted molar refractivity (Wildman–Crippen MR) is 143 cm³/mol. The van der Waals surface area contributed by atoms with Crippen LogP contribution in [0, 0.1) is 0 Å². The minimum atomic E-state index is -1.06. The molecule has 0 atom stereocenters. The molecule has 0 aliphatic rings. The van der Waals surface area contributed by atoms with Gasteiger partial charge < -0.3 is 25.0 Å². The van der Waals surface area contributed by atoms with Gasteiger partial charge in [0.05, 0.1) is 22.6 Å². The second-order valence-electron chi connectivity index (χ2n) is 9.26. The molecule has 37 heavy (non-hydrogen) atoms. The largest absolute Gasteiger partial charge is 0.456 e. The number of nitrogens with zero attached hydrogens (tertiary/aromatic N) is 3. The molecular formula is C27H28ClN5O4. The van der Waals surface area contributed by atoms with Crippen molar-refractivity contribution in [2.75, 3.05) is 11.9 Å². The Hall–Kier alpha value is -3.95. The van der Waals surface area contributed by atoms with E-state index in [9.17, 15) is 14.7 Å². The van der Waals surface area contributed by atoms with E-state index >= 15 is 0 Å². The molecule has 2 aromatic carbocycles. The molecule has 2 aromatic heterocycles. The van der Waals surface area contributed by atoms with Gasteiger partial charge in [0, 0.05) is 30.5 Å². The lowest BCUT2D eigenvalue weighted by Crippen LogP contribution is -2.33. The zero-order valence-corrected chi connectivity index (χ0v) is 21.5. The van der Waals surface area contributed by atoms with Crippen LogP contribution in [0.3, 0.4) is 0 Å². The van der Waals surface area contributed by atoms with Crippen LogP contribution in [0.4, 0.5) is 11.5 Å². The normalized spacial score (nSPS) is 11.4. The van der Waals surface area contributed by atoms with Crippen molar-refractivity contribution in [3.05, 3.63) is 71.6 Å². The number of aromatic nitrogens is 3. The summed E-state index contributed by atoms with van der Waals surface area (Å²) in [6, 6.07) is 14.1. The van der Waals surface area contributed by atoms with Crippen molar-refractivity contribution in [1.82, 2.24) is 19.9 Å². The van der Waals surface area contributed by atoms with Crippen LogP contribution in [-0.2, 0) is 11.3 Å². The zero-order chi connectivity index (χ0) is 26.6. The van der Waals surface area contributed by atoms with Gasteiger partial charge in [-0.2, -0.15) is 0 Å². The van der Waals surface area contributed by atoms with Crippen molar-refractivity contribution in [2.24, 2.45) is 0 Å². The van der Waals surface area contributed by atoms with Gasteiger partial charge in [-0.05, 0) is 57.2 Å². The number of halogens is 1. The van der Waals surface area contributed by atoms with E-state index in [-0.39, 0.29) is 18.1 Å². The van der Waals surface area contributed by atoms with E-state index < -0.39 is 5.60 Å². The van der Waals surface area contributed by atoms with E-state index in [0.717, 1.165) is 11.0 Å². The van der Waals surface area contributed by atoms with Crippen LogP contribution in [-0.4, -0.2) is 43.5 Å². The number of amides is 1. The lowest BCUT2D eigenvalue weighted by Gasteiger charge is -2.16. The van der Waals surface area contributed by atoms with Crippen LogP contribution < -0.4 is 15.4 Å².